The normalized spacial score (nSPS) is 20.4. The van der Waals surface area contributed by atoms with Gasteiger partial charge in [0.15, 0.2) is 6.29 Å². The van der Waals surface area contributed by atoms with Gasteiger partial charge in [0.2, 0.25) is 0 Å². The first-order valence-corrected chi connectivity index (χ1v) is 25.3. The van der Waals surface area contributed by atoms with E-state index in [-0.39, 0.29) is 19.6 Å². The molecule has 59 heavy (non-hydrogen) atoms. The van der Waals surface area contributed by atoms with Gasteiger partial charge >= 0.3 is 16.4 Å². The van der Waals surface area contributed by atoms with Crippen LogP contribution < -0.4 is 0 Å². The summed E-state index contributed by atoms with van der Waals surface area (Å²) < 4.78 is 59.1. The Morgan fingerprint density at radius 2 is 1.07 bits per heavy atom. The SMILES string of the molecule is CCCCCCCCC/C=C\CCCCCCCCOCC(COC1OC(CO)C(O)C(OS(=O)(=O)O)C1O)OC(=O)CCCCCCCCCCCCCCCCC. The Balaban J connectivity index is 2.40. The molecule has 1 fully saturated rings. The lowest BCUT2D eigenvalue weighted by Crippen LogP contribution is -2.60. The number of aliphatic hydroxyl groups excluding tert-OH is 3. The molecule has 0 aromatic heterocycles. The van der Waals surface area contributed by atoms with Gasteiger partial charge in [0.1, 0.15) is 30.5 Å². The van der Waals surface area contributed by atoms with E-state index in [4.69, 9.17) is 23.5 Å². The van der Waals surface area contributed by atoms with Crippen molar-refractivity contribution in [2.24, 2.45) is 0 Å². The van der Waals surface area contributed by atoms with Gasteiger partial charge in [-0.3, -0.25) is 9.35 Å². The smallest absolute Gasteiger partial charge is 0.397 e. The van der Waals surface area contributed by atoms with Crippen molar-refractivity contribution in [3.8, 4) is 0 Å². The van der Waals surface area contributed by atoms with Crippen molar-refractivity contribution in [1.82, 2.24) is 0 Å². The summed E-state index contributed by atoms with van der Waals surface area (Å²) in [5.74, 6) is -0.397. The third-order valence-electron chi connectivity index (χ3n) is 11.1. The van der Waals surface area contributed by atoms with Crippen LogP contribution in [0.4, 0.5) is 0 Å². The Morgan fingerprint density at radius 3 is 1.53 bits per heavy atom. The van der Waals surface area contributed by atoms with Gasteiger partial charge in [-0.2, -0.15) is 8.42 Å². The van der Waals surface area contributed by atoms with Crippen molar-refractivity contribution in [2.75, 3.05) is 26.4 Å². The summed E-state index contributed by atoms with van der Waals surface area (Å²) in [4.78, 5) is 12.9. The van der Waals surface area contributed by atoms with E-state index in [1.165, 1.54) is 141 Å². The highest BCUT2D eigenvalue weighted by molar-refractivity contribution is 7.80. The summed E-state index contributed by atoms with van der Waals surface area (Å²) in [5.41, 5.74) is 0. The van der Waals surface area contributed by atoms with Crippen molar-refractivity contribution in [1.29, 1.82) is 0 Å². The quantitative estimate of drug-likeness (QED) is 0.0198. The van der Waals surface area contributed by atoms with Crippen LogP contribution in [0, 0.1) is 0 Å². The van der Waals surface area contributed by atoms with Crippen LogP contribution in [0.25, 0.3) is 0 Å². The molecule has 13 heteroatoms. The fourth-order valence-corrected chi connectivity index (χ4v) is 8.00. The van der Waals surface area contributed by atoms with E-state index in [0.717, 1.165) is 44.9 Å². The summed E-state index contributed by atoms with van der Waals surface area (Å²) in [6.45, 7) is 4.00. The van der Waals surface area contributed by atoms with Crippen LogP contribution in [0.1, 0.15) is 213 Å². The Labute approximate surface area is 359 Å². The number of carbonyl (C=O) groups is 1. The van der Waals surface area contributed by atoms with Crippen LogP contribution in [0.15, 0.2) is 12.2 Å². The average Bonchev–Trinajstić information content (AvgIpc) is 3.20. The van der Waals surface area contributed by atoms with Crippen LogP contribution in [-0.2, 0) is 38.3 Å². The maximum Gasteiger partial charge on any atom is 0.397 e. The van der Waals surface area contributed by atoms with Crippen molar-refractivity contribution in [2.45, 2.75) is 250 Å². The predicted molar refractivity (Wildman–Crippen MR) is 234 cm³/mol. The lowest BCUT2D eigenvalue weighted by molar-refractivity contribution is -0.301. The summed E-state index contributed by atoms with van der Waals surface area (Å²) in [6, 6.07) is 0. The molecule has 0 radical (unpaired) electrons. The lowest BCUT2D eigenvalue weighted by atomic mass is 9.99. The van der Waals surface area contributed by atoms with Crippen LogP contribution in [0.2, 0.25) is 0 Å². The zero-order valence-electron chi connectivity index (χ0n) is 37.3. The van der Waals surface area contributed by atoms with Crippen LogP contribution in [0.3, 0.4) is 0 Å². The van der Waals surface area contributed by atoms with Gasteiger partial charge in [0, 0.05) is 13.0 Å². The highest BCUT2D eigenvalue weighted by Crippen LogP contribution is 2.26. The van der Waals surface area contributed by atoms with Crippen LogP contribution >= 0.6 is 0 Å². The zero-order valence-corrected chi connectivity index (χ0v) is 38.1. The molecule has 1 aliphatic rings. The van der Waals surface area contributed by atoms with E-state index in [1.807, 2.05) is 0 Å². The molecule has 0 spiro atoms. The van der Waals surface area contributed by atoms with Crippen molar-refractivity contribution in [3.63, 3.8) is 0 Å². The molecule has 1 aliphatic heterocycles. The van der Waals surface area contributed by atoms with E-state index in [2.05, 4.69) is 30.2 Å². The van der Waals surface area contributed by atoms with E-state index in [9.17, 15) is 28.5 Å². The second-order valence-electron chi connectivity index (χ2n) is 16.7. The number of hydrogen-bond donors (Lipinski definition) is 4. The van der Waals surface area contributed by atoms with Crippen molar-refractivity contribution < 1.29 is 56.2 Å². The van der Waals surface area contributed by atoms with E-state index in [0.29, 0.717) is 13.0 Å². The maximum atomic E-state index is 12.9. The second kappa shape index (κ2) is 38.5. The van der Waals surface area contributed by atoms with Crippen LogP contribution in [-0.4, -0.2) is 97.5 Å². The molecule has 0 aromatic carbocycles. The first-order chi connectivity index (χ1) is 28.6. The molecule has 0 saturated carbocycles. The third kappa shape index (κ3) is 32.2. The Morgan fingerprint density at radius 1 is 0.627 bits per heavy atom. The summed E-state index contributed by atoms with van der Waals surface area (Å²) in [7, 11) is -5.06. The fraction of sp³-hybridized carbons (Fsp3) is 0.935. The fourth-order valence-electron chi connectivity index (χ4n) is 7.49. The van der Waals surface area contributed by atoms with Crippen LogP contribution in [0.5, 0.6) is 0 Å². The minimum absolute atomic E-state index is 0.0373. The summed E-state index contributed by atoms with van der Waals surface area (Å²) in [5, 5.41) is 30.7. The monoisotopic (exact) mass is 865 g/mol. The molecule has 1 rings (SSSR count). The van der Waals surface area contributed by atoms with Gasteiger partial charge in [-0.25, -0.2) is 4.18 Å². The molecule has 0 amide bonds. The maximum absolute atomic E-state index is 12.9. The number of rotatable bonds is 42. The van der Waals surface area contributed by atoms with E-state index < -0.39 is 59.8 Å². The predicted octanol–water partition coefficient (Wildman–Crippen LogP) is 10.2. The Hall–Kier alpha value is -1.16. The van der Waals surface area contributed by atoms with E-state index in [1.54, 1.807) is 0 Å². The standard InChI is InChI=1S/C46H88O12S/c1-3-5-7-9-11-13-15-17-19-20-22-24-26-28-30-32-34-36-54-38-40(39-55-46-44(50)45(58-59(51,52)53)43(49)41(37-47)57-46)56-42(48)35-33-31-29-27-25-23-21-18-16-14-12-10-8-6-4-2/h19-20,40-41,43-47,49-50H,3-18,21-39H2,1-2H3,(H,51,52,53)/b20-19-. The average molecular weight is 865 g/mol. The summed E-state index contributed by atoms with van der Waals surface area (Å²) in [6.07, 6.45) is 32.4. The molecule has 1 saturated heterocycles. The van der Waals surface area contributed by atoms with Gasteiger partial charge in [-0.15, -0.1) is 0 Å². The van der Waals surface area contributed by atoms with Crippen molar-refractivity contribution in [3.05, 3.63) is 12.2 Å². The number of unbranched alkanes of at least 4 members (excludes halogenated alkanes) is 27. The summed E-state index contributed by atoms with van der Waals surface area (Å²) >= 11 is 0. The molecule has 12 nitrogen and oxygen atoms in total. The lowest BCUT2D eigenvalue weighted by Gasteiger charge is -2.41. The molecule has 6 atom stereocenters. The molecule has 6 unspecified atom stereocenters. The Bertz CT molecular complexity index is 1090. The number of esters is 1. The van der Waals surface area contributed by atoms with Gasteiger partial charge < -0.3 is 34.3 Å². The third-order valence-corrected chi connectivity index (χ3v) is 11.6. The molecule has 350 valence electrons. The minimum atomic E-state index is -5.06. The minimum Gasteiger partial charge on any atom is -0.457 e. The Kier molecular flexibility index (Phi) is 36.5. The number of ether oxygens (including phenoxy) is 4. The van der Waals surface area contributed by atoms with Gasteiger partial charge in [0.25, 0.3) is 0 Å². The first-order valence-electron chi connectivity index (χ1n) is 23.9. The van der Waals surface area contributed by atoms with Crippen molar-refractivity contribution >= 4 is 16.4 Å². The van der Waals surface area contributed by atoms with Gasteiger partial charge in [-0.1, -0.05) is 180 Å². The van der Waals surface area contributed by atoms with E-state index >= 15 is 0 Å². The molecular formula is C46H88O12S. The molecular weight excluding hydrogens is 777 g/mol. The number of aliphatic hydroxyl groups is 3. The first kappa shape index (κ1) is 55.9. The molecule has 1 heterocycles. The second-order valence-corrected chi connectivity index (χ2v) is 17.8. The molecule has 0 aromatic rings. The highest BCUT2D eigenvalue weighted by atomic mass is 32.3. The largest absolute Gasteiger partial charge is 0.457 e. The number of hydrogen-bond acceptors (Lipinski definition) is 11. The molecule has 4 N–H and O–H groups in total. The number of carbonyl (C=O) groups excluding carboxylic acids is 1. The topological polar surface area (TPSA) is 178 Å². The molecule has 0 bridgehead atoms. The number of allylic oxidation sites excluding steroid dienone is 2. The zero-order chi connectivity index (χ0) is 43.2. The van der Waals surface area contributed by atoms with Gasteiger partial charge in [0.05, 0.1) is 19.8 Å². The highest BCUT2D eigenvalue weighted by Gasteiger charge is 2.48. The molecule has 0 aliphatic carbocycles. The van der Waals surface area contributed by atoms with Gasteiger partial charge in [-0.05, 0) is 38.5 Å².